The first-order valence-corrected chi connectivity index (χ1v) is 7.36. The van der Waals surface area contributed by atoms with Gasteiger partial charge in [0.05, 0.1) is 6.04 Å². The van der Waals surface area contributed by atoms with Crippen LogP contribution in [0.3, 0.4) is 0 Å². The highest BCUT2D eigenvalue weighted by Gasteiger charge is 2.22. The maximum Gasteiger partial charge on any atom is 0.150 e. The van der Waals surface area contributed by atoms with E-state index in [1.54, 1.807) is 0 Å². The number of hydrogen-bond acceptors (Lipinski definition) is 4. The quantitative estimate of drug-likeness (QED) is 0.856. The molecule has 1 aromatic heterocycles. The van der Waals surface area contributed by atoms with Crippen LogP contribution in [0.5, 0.6) is 0 Å². The summed E-state index contributed by atoms with van der Waals surface area (Å²) in [7, 11) is 0. The molecule has 2 N–H and O–H groups in total. The highest BCUT2D eigenvalue weighted by atomic mass is 32.2. The Labute approximate surface area is 101 Å². The van der Waals surface area contributed by atoms with E-state index in [1.807, 2.05) is 18.1 Å². The Morgan fingerprint density at radius 3 is 3.00 bits per heavy atom. The third-order valence-electron chi connectivity index (χ3n) is 3.28. The SMILES string of the molecule is CSCC[C@@H](N)c1nncn1C1CCCC1. The van der Waals surface area contributed by atoms with Crippen molar-refractivity contribution in [2.24, 2.45) is 5.73 Å². The minimum absolute atomic E-state index is 0.0375. The Kier molecular flexibility index (Phi) is 4.23. The van der Waals surface area contributed by atoms with Gasteiger partial charge in [0, 0.05) is 6.04 Å². The summed E-state index contributed by atoms with van der Waals surface area (Å²) >= 11 is 1.83. The van der Waals surface area contributed by atoms with Crippen LogP contribution < -0.4 is 5.73 Å². The second-order valence-electron chi connectivity index (χ2n) is 4.42. The van der Waals surface area contributed by atoms with E-state index in [0.29, 0.717) is 6.04 Å². The van der Waals surface area contributed by atoms with Gasteiger partial charge in [0.25, 0.3) is 0 Å². The highest BCUT2D eigenvalue weighted by molar-refractivity contribution is 7.98. The summed E-state index contributed by atoms with van der Waals surface area (Å²) in [5, 5.41) is 8.21. The van der Waals surface area contributed by atoms with E-state index < -0.39 is 0 Å². The van der Waals surface area contributed by atoms with Gasteiger partial charge in [0.2, 0.25) is 0 Å². The fourth-order valence-corrected chi connectivity index (χ4v) is 2.84. The van der Waals surface area contributed by atoms with Crippen molar-refractivity contribution in [2.75, 3.05) is 12.0 Å². The smallest absolute Gasteiger partial charge is 0.150 e. The van der Waals surface area contributed by atoms with Crippen molar-refractivity contribution in [1.29, 1.82) is 0 Å². The molecule has 0 radical (unpaired) electrons. The van der Waals surface area contributed by atoms with Gasteiger partial charge in [0.1, 0.15) is 12.2 Å². The Balaban J connectivity index is 2.05. The molecular formula is C11H20N4S. The maximum absolute atomic E-state index is 6.16. The van der Waals surface area contributed by atoms with Gasteiger partial charge in [-0.05, 0) is 31.3 Å². The van der Waals surface area contributed by atoms with E-state index in [1.165, 1.54) is 25.7 Å². The monoisotopic (exact) mass is 240 g/mol. The lowest BCUT2D eigenvalue weighted by Crippen LogP contribution is -2.19. The molecule has 0 saturated heterocycles. The van der Waals surface area contributed by atoms with Crippen LogP contribution in [-0.4, -0.2) is 26.8 Å². The van der Waals surface area contributed by atoms with Crippen LogP contribution in [0.2, 0.25) is 0 Å². The average molecular weight is 240 g/mol. The number of thioether (sulfide) groups is 1. The molecule has 1 aromatic rings. The molecule has 16 heavy (non-hydrogen) atoms. The van der Waals surface area contributed by atoms with Crippen molar-refractivity contribution in [2.45, 2.75) is 44.2 Å². The molecule has 90 valence electrons. The van der Waals surface area contributed by atoms with E-state index in [2.05, 4.69) is 21.0 Å². The van der Waals surface area contributed by atoms with Crippen LogP contribution >= 0.6 is 11.8 Å². The summed E-state index contributed by atoms with van der Waals surface area (Å²) in [5.41, 5.74) is 6.16. The molecule has 1 aliphatic carbocycles. The van der Waals surface area contributed by atoms with Crippen molar-refractivity contribution < 1.29 is 0 Å². The van der Waals surface area contributed by atoms with Gasteiger partial charge in [-0.3, -0.25) is 0 Å². The van der Waals surface area contributed by atoms with Gasteiger partial charge >= 0.3 is 0 Å². The predicted molar refractivity (Wildman–Crippen MR) is 67.5 cm³/mol. The zero-order chi connectivity index (χ0) is 11.4. The fraction of sp³-hybridized carbons (Fsp3) is 0.818. The van der Waals surface area contributed by atoms with E-state index in [9.17, 15) is 0 Å². The first-order valence-electron chi connectivity index (χ1n) is 5.97. The first kappa shape index (κ1) is 11.9. The zero-order valence-electron chi connectivity index (χ0n) is 9.80. The number of nitrogens with zero attached hydrogens (tertiary/aromatic N) is 3. The van der Waals surface area contributed by atoms with Crippen LogP contribution in [0.4, 0.5) is 0 Å². The molecule has 4 nitrogen and oxygen atoms in total. The van der Waals surface area contributed by atoms with Crippen LogP contribution in [0, 0.1) is 0 Å². The summed E-state index contributed by atoms with van der Waals surface area (Å²) in [6.45, 7) is 0. The standard InChI is InChI=1S/C11H20N4S/c1-16-7-6-10(12)11-14-13-8-15(11)9-4-2-3-5-9/h8-10H,2-7,12H2,1H3/t10-/m1/s1. The summed E-state index contributed by atoms with van der Waals surface area (Å²) in [6, 6.07) is 0.626. The molecule has 1 heterocycles. The first-order chi connectivity index (χ1) is 7.83. The van der Waals surface area contributed by atoms with E-state index >= 15 is 0 Å². The van der Waals surface area contributed by atoms with Gasteiger partial charge in [-0.25, -0.2) is 0 Å². The molecule has 1 atom stereocenters. The summed E-state index contributed by atoms with van der Waals surface area (Å²) in [4.78, 5) is 0. The molecule has 0 aliphatic heterocycles. The molecule has 2 rings (SSSR count). The fourth-order valence-electron chi connectivity index (χ4n) is 2.35. The summed E-state index contributed by atoms with van der Waals surface area (Å²) in [5.74, 6) is 2.06. The molecule has 1 saturated carbocycles. The van der Waals surface area contributed by atoms with E-state index in [-0.39, 0.29) is 6.04 Å². The molecule has 1 aliphatic rings. The lowest BCUT2D eigenvalue weighted by molar-refractivity contribution is 0.473. The lowest BCUT2D eigenvalue weighted by atomic mass is 10.2. The molecular weight excluding hydrogens is 220 g/mol. The topological polar surface area (TPSA) is 56.7 Å². The van der Waals surface area contributed by atoms with Crippen LogP contribution in [0.1, 0.15) is 50.0 Å². The van der Waals surface area contributed by atoms with Gasteiger partial charge in [-0.1, -0.05) is 12.8 Å². The van der Waals surface area contributed by atoms with E-state index in [4.69, 9.17) is 5.73 Å². The van der Waals surface area contributed by atoms with Crippen molar-refractivity contribution >= 4 is 11.8 Å². The van der Waals surface area contributed by atoms with Gasteiger partial charge in [-0.2, -0.15) is 11.8 Å². The average Bonchev–Trinajstić information content (AvgIpc) is 2.94. The van der Waals surface area contributed by atoms with Crippen LogP contribution in [0.15, 0.2) is 6.33 Å². The van der Waals surface area contributed by atoms with Gasteiger partial charge in [0.15, 0.2) is 0 Å². The molecule has 0 unspecified atom stereocenters. The second-order valence-corrected chi connectivity index (χ2v) is 5.41. The molecule has 5 heteroatoms. The van der Waals surface area contributed by atoms with Gasteiger partial charge in [-0.15, -0.1) is 10.2 Å². The Hall–Kier alpha value is -0.550. The Morgan fingerprint density at radius 2 is 2.31 bits per heavy atom. The number of rotatable bonds is 5. The number of nitrogens with two attached hydrogens (primary N) is 1. The van der Waals surface area contributed by atoms with Crippen LogP contribution in [0.25, 0.3) is 0 Å². The van der Waals surface area contributed by atoms with Gasteiger partial charge < -0.3 is 10.3 Å². The minimum atomic E-state index is 0.0375. The maximum atomic E-state index is 6.16. The number of hydrogen-bond donors (Lipinski definition) is 1. The van der Waals surface area contributed by atoms with Crippen molar-refractivity contribution in [3.05, 3.63) is 12.2 Å². The molecule has 0 bridgehead atoms. The highest BCUT2D eigenvalue weighted by Crippen LogP contribution is 2.31. The predicted octanol–water partition coefficient (Wildman–Crippen LogP) is 2.15. The summed E-state index contributed by atoms with van der Waals surface area (Å²) < 4.78 is 2.21. The zero-order valence-corrected chi connectivity index (χ0v) is 10.6. The molecule has 1 fully saturated rings. The third kappa shape index (κ3) is 2.58. The Bertz CT molecular complexity index is 320. The molecule has 0 amide bonds. The number of aromatic nitrogens is 3. The third-order valence-corrected chi connectivity index (χ3v) is 3.93. The second kappa shape index (κ2) is 5.68. The molecule has 0 aromatic carbocycles. The Morgan fingerprint density at radius 1 is 1.56 bits per heavy atom. The van der Waals surface area contributed by atoms with E-state index in [0.717, 1.165) is 18.0 Å². The normalized spacial score (nSPS) is 19.1. The van der Waals surface area contributed by atoms with Crippen molar-refractivity contribution in [3.8, 4) is 0 Å². The molecule has 0 spiro atoms. The minimum Gasteiger partial charge on any atom is -0.321 e. The van der Waals surface area contributed by atoms with Crippen molar-refractivity contribution in [1.82, 2.24) is 14.8 Å². The summed E-state index contributed by atoms with van der Waals surface area (Å²) in [6.07, 6.45) is 10.1. The largest absolute Gasteiger partial charge is 0.321 e. The van der Waals surface area contributed by atoms with Crippen LogP contribution in [-0.2, 0) is 0 Å². The lowest BCUT2D eigenvalue weighted by Gasteiger charge is -2.17. The van der Waals surface area contributed by atoms with Crippen molar-refractivity contribution in [3.63, 3.8) is 0 Å².